The van der Waals surface area contributed by atoms with E-state index >= 15 is 0 Å². The molecule has 39 heavy (non-hydrogen) atoms. The summed E-state index contributed by atoms with van der Waals surface area (Å²) in [5, 5.41) is 12.6. The van der Waals surface area contributed by atoms with Gasteiger partial charge in [0, 0.05) is 24.3 Å². The van der Waals surface area contributed by atoms with Crippen molar-refractivity contribution in [3.63, 3.8) is 0 Å². The van der Waals surface area contributed by atoms with E-state index in [1.165, 1.54) is 6.07 Å². The van der Waals surface area contributed by atoms with Gasteiger partial charge in [-0.1, -0.05) is 48.5 Å². The first-order valence-corrected chi connectivity index (χ1v) is 13.2. The smallest absolute Gasteiger partial charge is 0.336 e. The Kier molecular flexibility index (Phi) is 7.46. The van der Waals surface area contributed by atoms with E-state index < -0.39 is 5.97 Å². The van der Waals surface area contributed by atoms with Crippen LogP contribution in [0.2, 0.25) is 0 Å². The number of carboxylic acid groups (broad SMARTS) is 1. The zero-order chi connectivity index (χ0) is 27.5. The quantitative estimate of drug-likeness (QED) is 0.276. The number of halogens is 1. The van der Waals surface area contributed by atoms with E-state index in [0.717, 1.165) is 47.3 Å². The van der Waals surface area contributed by atoms with E-state index in [0.29, 0.717) is 23.2 Å². The fraction of sp³-hybridized carbons (Fsp3) is 0.212. The van der Waals surface area contributed by atoms with Gasteiger partial charge < -0.3 is 15.3 Å². The molecule has 0 aliphatic carbocycles. The van der Waals surface area contributed by atoms with Crippen LogP contribution in [0.1, 0.15) is 62.4 Å². The molecule has 4 aromatic rings. The molecule has 0 spiro atoms. The Bertz CT molecular complexity index is 1550. The number of nitrogens with one attached hydrogen (secondary N) is 1. The minimum absolute atomic E-state index is 0.187. The number of carbonyl (C=O) groups excluding carboxylic acids is 1. The fourth-order valence-electron chi connectivity index (χ4n) is 5.20. The van der Waals surface area contributed by atoms with Crippen molar-refractivity contribution >= 4 is 17.6 Å². The normalized spacial score (nSPS) is 13.5. The molecule has 1 heterocycles. The molecule has 1 amide bonds. The number of aryl methyl sites for hydroxylation is 2. The van der Waals surface area contributed by atoms with E-state index in [1.54, 1.807) is 25.1 Å². The van der Waals surface area contributed by atoms with Crippen molar-refractivity contribution in [3.05, 3.63) is 124 Å². The molecule has 1 unspecified atom stereocenters. The fourth-order valence-corrected chi connectivity index (χ4v) is 5.20. The average Bonchev–Trinajstić information content (AvgIpc) is 2.94. The molecule has 5 nitrogen and oxygen atoms in total. The average molecular weight is 523 g/mol. The van der Waals surface area contributed by atoms with Gasteiger partial charge in [0.05, 0.1) is 11.6 Å². The van der Waals surface area contributed by atoms with Crippen molar-refractivity contribution in [1.29, 1.82) is 0 Å². The summed E-state index contributed by atoms with van der Waals surface area (Å²) >= 11 is 0. The zero-order valence-electron chi connectivity index (χ0n) is 22.1. The van der Waals surface area contributed by atoms with E-state index in [1.807, 2.05) is 61.5 Å². The zero-order valence-corrected chi connectivity index (χ0v) is 22.1. The number of amides is 1. The highest BCUT2D eigenvalue weighted by molar-refractivity contribution is 5.96. The first kappa shape index (κ1) is 26.2. The summed E-state index contributed by atoms with van der Waals surface area (Å²) in [6.07, 6.45) is 1.86. The molecule has 0 radical (unpaired) electrons. The Morgan fingerprint density at radius 2 is 1.82 bits per heavy atom. The van der Waals surface area contributed by atoms with Crippen molar-refractivity contribution in [2.75, 3.05) is 11.4 Å². The van der Waals surface area contributed by atoms with E-state index in [2.05, 4.69) is 16.3 Å². The highest BCUT2D eigenvalue weighted by Crippen LogP contribution is 2.31. The minimum Gasteiger partial charge on any atom is -0.478 e. The molecule has 0 fully saturated rings. The van der Waals surface area contributed by atoms with Gasteiger partial charge in [0.15, 0.2) is 0 Å². The van der Waals surface area contributed by atoms with Crippen molar-refractivity contribution in [2.24, 2.45) is 0 Å². The molecule has 0 aromatic heterocycles. The molecule has 1 aliphatic heterocycles. The maximum atomic E-state index is 14.0. The molecule has 198 valence electrons. The lowest BCUT2D eigenvalue weighted by Gasteiger charge is -2.32. The van der Waals surface area contributed by atoms with Gasteiger partial charge in [0.25, 0.3) is 5.91 Å². The maximum absolute atomic E-state index is 14.0. The largest absolute Gasteiger partial charge is 0.478 e. The number of carboxylic acids is 1. The second kappa shape index (κ2) is 11.1. The van der Waals surface area contributed by atoms with Crippen LogP contribution in [0.5, 0.6) is 0 Å². The Balaban J connectivity index is 1.33. The predicted octanol–water partition coefficient (Wildman–Crippen LogP) is 6.94. The first-order chi connectivity index (χ1) is 18.8. The monoisotopic (exact) mass is 522 g/mol. The molecule has 0 bridgehead atoms. The summed E-state index contributed by atoms with van der Waals surface area (Å²) in [6.45, 7) is 5.14. The summed E-state index contributed by atoms with van der Waals surface area (Å²) in [4.78, 5) is 27.0. The van der Waals surface area contributed by atoms with Crippen LogP contribution >= 0.6 is 0 Å². The third kappa shape index (κ3) is 5.70. The predicted molar refractivity (Wildman–Crippen MR) is 152 cm³/mol. The molecular weight excluding hydrogens is 491 g/mol. The summed E-state index contributed by atoms with van der Waals surface area (Å²) in [6, 6.07) is 25.6. The SMILES string of the molecule is Cc1ccc(C(C)NC(=O)c2ccc3c(c2)CCCN3Cc2cccc(-c3ccccc3C(=O)O)c2)cc1F. The number of anilines is 1. The maximum Gasteiger partial charge on any atom is 0.336 e. The van der Waals surface area contributed by atoms with Gasteiger partial charge >= 0.3 is 5.97 Å². The Hall–Kier alpha value is -4.45. The Morgan fingerprint density at radius 1 is 1.00 bits per heavy atom. The molecule has 0 saturated heterocycles. The second-order valence-electron chi connectivity index (χ2n) is 10.1. The highest BCUT2D eigenvalue weighted by Gasteiger charge is 2.20. The van der Waals surface area contributed by atoms with Crippen molar-refractivity contribution in [2.45, 2.75) is 39.3 Å². The van der Waals surface area contributed by atoms with Gasteiger partial charge in [0.1, 0.15) is 5.82 Å². The van der Waals surface area contributed by atoms with E-state index in [9.17, 15) is 19.1 Å². The number of rotatable bonds is 7. The van der Waals surface area contributed by atoms with Gasteiger partial charge in [0.2, 0.25) is 0 Å². The molecule has 1 aliphatic rings. The van der Waals surface area contributed by atoms with Crippen molar-refractivity contribution in [3.8, 4) is 11.1 Å². The molecule has 1 atom stereocenters. The van der Waals surface area contributed by atoms with Crippen molar-refractivity contribution < 1.29 is 19.1 Å². The number of hydrogen-bond acceptors (Lipinski definition) is 3. The number of nitrogens with zero attached hydrogens (tertiary/aromatic N) is 1. The molecule has 4 aromatic carbocycles. The highest BCUT2D eigenvalue weighted by atomic mass is 19.1. The van der Waals surface area contributed by atoms with Crippen LogP contribution in [-0.2, 0) is 13.0 Å². The summed E-state index contributed by atoms with van der Waals surface area (Å²) in [5.41, 5.74) is 7.05. The second-order valence-corrected chi connectivity index (χ2v) is 10.1. The first-order valence-electron chi connectivity index (χ1n) is 13.2. The molecular formula is C33H31FN2O3. The topological polar surface area (TPSA) is 69.6 Å². The molecule has 0 saturated carbocycles. The summed E-state index contributed by atoms with van der Waals surface area (Å²) in [5.74, 6) is -1.41. The number of carbonyl (C=O) groups is 2. The summed E-state index contributed by atoms with van der Waals surface area (Å²) < 4.78 is 14.0. The van der Waals surface area contributed by atoms with Gasteiger partial charge in [-0.05, 0) is 96.5 Å². The van der Waals surface area contributed by atoms with Crippen LogP contribution in [0, 0.1) is 12.7 Å². The minimum atomic E-state index is -0.943. The van der Waals surface area contributed by atoms with E-state index in [4.69, 9.17) is 0 Å². The van der Waals surface area contributed by atoms with Crippen LogP contribution in [0.25, 0.3) is 11.1 Å². The van der Waals surface area contributed by atoms with Crippen molar-refractivity contribution in [1.82, 2.24) is 5.32 Å². The molecule has 5 rings (SSSR count). The van der Waals surface area contributed by atoms with Crippen LogP contribution in [-0.4, -0.2) is 23.5 Å². The Labute approximate surface area is 227 Å². The summed E-state index contributed by atoms with van der Waals surface area (Å²) in [7, 11) is 0. The number of fused-ring (bicyclic) bond motifs is 1. The lowest BCUT2D eigenvalue weighted by Crippen LogP contribution is -2.30. The van der Waals surface area contributed by atoms with Crippen LogP contribution in [0.3, 0.4) is 0 Å². The van der Waals surface area contributed by atoms with Gasteiger partial charge in [-0.25, -0.2) is 9.18 Å². The van der Waals surface area contributed by atoms with Crippen LogP contribution in [0.4, 0.5) is 10.1 Å². The van der Waals surface area contributed by atoms with Gasteiger partial charge in [-0.2, -0.15) is 0 Å². The van der Waals surface area contributed by atoms with Crippen LogP contribution in [0.15, 0.2) is 84.9 Å². The lowest BCUT2D eigenvalue weighted by molar-refractivity contribution is 0.0697. The van der Waals surface area contributed by atoms with Crippen LogP contribution < -0.4 is 10.2 Å². The number of hydrogen-bond donors (Lipinski definition) is 2. The third-order valence-electron chi connectivity index (χ3n) is 7.37. The Morgan fingerprint density at radius 3 is 2.62 bits per heavy atom. The number of aromatic carboxylic acids is 1. The van der Waals surface area contributed by atoms with E-state index in [-0.39, 0.29) is 23.3 Å². The lowest BCUT2D eigenvalue weighted by atomic mass is 9.96. The standard InChI is InChI=1S/C33H31FN2O3/c1-21-12-13-24(19-30(21)34)22(2)35-32(37)27-14-15-31-26(18-27)9-6-16-36(31)20-23-7-5-8-25(17-23)28-10-3-4-11-29(28)33(38)39/h3-5,7-8,10-15,17-19,22H,6,9,16,20H2,1-2H3,(H,35,37)(H,38,39). The third-order valence-corrected chi connectivity index (χ3v) is 7.37. The van der Waals surface area contributed by atoms with Gasteiger partial charge in [-0.3, -0.25) is 4.79 Å². The molecule has 2 N–H and O–H groups in total. The molecule has 6 heteroatoms. The number of benzene rings is 4. The van der Waals surface area contributed by atoms with Gasteiger partial charge in [-0.15, -0.1) is 0 Å².